The second kappa shape index (κ2) is 6.64. The van der Waals surface area contributed by atoms with E-state index in [4.69, 9.17) is 5.73 Å². The largest absolute Gasteiger partial charge is 0.390 e. The van der Waals surface area contributed by atoms with Gasteiger partial charge in [-0.25, -0.2) is 0 Å². The lowest BCUT2D eigenvalue weighted by Gasteiger charge is -2.03. The third-order valence-electron chi connectivity index (χ3n) is 2.84. The molecule has 4 heteroatoms. The average Bonchev–Trinajstić information content (AvgIpc) is 2.55. The van der Waals surface area contributed by atoms with Crippen molar-refractivity contribution < 1.29 is 4.79 Å². The van der Waals surface area contributed by atoms with Crippen molar-refractivity contribution in [1.29, 1.82) is 0 Å². The Morgan fingerprint density at radius 1 is 1.35 bits per heavy atom. The summed E-state index contributed by atoms with van der Waals surface area (Å²) in [6.45, 7) is 6.74. The number of unbranched alkanes of at least 4 members (excludes halogenated alkanes) is 2. The van der Waals surface area contributed by atoms with Crippen molar-refractivity contribution in [3.63, 3.8) is 0 Å². The molecule has 0 unspecified atom stereocenters. The van der Waals surface area contributed by atoms with Gasteiger partial charge in [0.05, 0.1) is 10.6 Å². The number of nitrogens with two attached hydrogens (primary N) is 1. The highest BCUT2D eigenvalue weighted by Crippen LogP contribution is 2.31. The number of carbonyl (C=O) groups excluding carboxylic acids is 1. The topological polar surface area (TPSA) is 55.1 Å². The Morgan fingerprint density at radius 2 is 2.06 bits per heavy atom. The molecule has 96 valence electrons. The molecule has 1 heterocycles. The first-order valence-electron chi connectivity index (χ1n) is 6.27. The first kappa shape index (κ1) is 14.0. The van der Waals surface area contributed by atoms with Crippen LogP contribution >= 0.6 is 11.3 Å². The molecule has 17 heavy (non-hydrogen) atoms. The van der Waals surface area contributed by atoms with Crippen LogP contribution in [0.1, 0.15) is 53.9 Å². The predicted molar refractivity (Wildman–Crippen MR) is 74.7 cm³/mol. The number of hydrogen-bond donors (Lipinski definition) is 2. The lowest BCUT2D eigenvalue weighted by atomic mass is 10.1. The van der Waals surface area contributed by atoms with Crippen LogP contribution in [0.25, 0.3) is 0 Å². The zero-order valence-electron chi connectivity index (χ0n) is 10.9. The number of nitrogen functional groups attached to an aromatic ring is 1. The third kappa shape index (κ3) is 3.46. The molecule has 1 amide bonds. The Labute approximate surface area is 107 Å². The van der Waals surface area contributed by atoms with Crippen molar-refractivity contribution in [3.05, 3.63) is 16.0 Å². The molecule has 0 bridgehead atoms. The average molecular weight is 254 g/mol. The molecule has 3 N–H and O–H groups in total. The van der Waals surface area contributed by atoms with Gasteiger partial charge < -0.3 is 11.1 Å². The number of hydrogen-bond acceptors (Lipinski definition) is 3. The van der Waals surface area contributed by atoms with Crippen LogP contribution in [0.3, 0.4) is 0 Å². The molecule has 0 fully saturated rings. The van der Waals surface area contributed by atoms with Crippen LogP contribution in [-0.2, 0) is 6.42 Å². The summed E-state index contributed by atoms with van der Waals surface area (Å²) < 4.78 is 0. The van der Waals surface area contributed by atoms with Gasteiger partial charge in [0.1, 0.15) is 0 Å². The van der Waals surface area contributed by atoms with Gasteiger partial charge >= 0.3 is 0 Å². The summed E-state index contributed by atoms with van der Waals surface area (Å²) in [5, 5.41) is 3.46. The smallest absolute Gasteiger partial charge is 0.254 e. The van der Waals surface area contributed by atoms with Crippen LogP contribution < -0.4 is 11.1 Å². The van der Waals surface area contributed by atoms with Crippen molar-refractivity contribution in [2.75, 3.05) is 12.3 Å². The maximum atomic E-state index is 11.8. The molecule has 3 nitrogen and oxygen atoms in total. The third-order valence-corrected chi connectivity index (χ3v) is 4.03. The predicted octanol–water partition coefficient (Wildman–Crippen LogP) is 3.12. The van der Waals surface area contributed by atoms with Gasteiger partial charge in [0.25, 0.3) is 5.91 Å². The molecular weight excluding hydrogens is 232 g/mol. The highest BCUT2D eigenvalue weighted by molar-refractivity contribution is 7.16. The van der Waals surface area contributed by atoms with Crippen molar-refractivity contribution in [2.45, 2.75) is 46.5 Å². The van der Waals surface area contributed by atoms with E-state index in [1.807, 2.05) is 13.8 Å². The summed E-state index contributed by atoms with van der Waals surface area (Å²) in [5.41, 5.74) is 7.68. The molecule has 0 radical (unpaired) electrons. The molecule has 1 rings (SSSR count). The number of thiophene rings is 1. The van der Waals surface area contributed by atoms with Crippen LogP contribution in [0.4, 0.5) is 5.00 Å². The normalized spacial score (nSPS) is 10.5. The fourth-order valence-electron chi connectivity index (χ4n) is 1.89. The van der Waals surface area contributed by atoms with Crippen molar-refractivity contribution >= 4 is 22.2 Å². The minimum atomic E-state index is -0.0412. The van der Waals surface area contributed by atoms with Gasteiger partial charge in [-0.15, -0.1) is 11.3 Å². The Bertz CT molecular complexity index is 385. The van der Waals surface area contributed by atoms with Gasteiger partial charge in [0, 0.05) is 11.4 Å². The van der Waals surface area contributed by atoms with E-state index in [2.05, 4.69) is 12.2 Å². The minimum Gasteiger partial charge on any atom is -0.390 e. The summed E-state index contributed by atoms with van der Waals surface area (Å²) >= 11 is 1.56. The molecule has 0 saturated carbocycles. The second-order valence-electron chi connectivity index (χ2n) is 4.21. The summed E-state index contributed by atoms with van der Waals surface area (Å²) in [6, 6.07) is 0. The summed E-state index contributed by atoms with van der Waals surface area (Å²) in [5.74, 6) is -0.0412. The Kier molecular flexibility index (Phi) is 5.48. The molecule has 0 aromatic carbocycles. The second-order valence-corrected chi connectivity index (χ2v) is 5.34. The zero-order valence-corrected chi connectivity index (χ0v) is 11.7. The van der Waals surface area contributed by atoms with Crippen LogP contribution in [0.15, 0.2) is 0 Å². The maximum absolute atomic E-state index is 11.8. The Hall–Kier alpha value is -1.03. The van der Waals surface area contributed by atoms with E-state index in [0.29, 0.717) is 17.1 Å². The fourth-order valence-corrected chi connectivity index (χ4v) is 3.00. The number of rotatable bonds is 6. The van der Waals surface area contributed by atoms with Gasteiger partial charge in [-0.05, 0) is 32.3 Å². The van der Waals surface area contributed by atoms with Crippen molar-refractivity contribution in [2.24, 2.45) is 0 Å². The quantitative estimate of drug-likeness (QED) is 0.766. The van der Waals surface area contributed by atoms with Crippen LogP contribution in [0.5, 0.6) is 0 Å². The van der Waals surface area contributed by atoms with E-state index in [0.717, 1.165) is 12.0 Å². The number of amides is 1. The number of aryl methyl sites for hydroxylation is 1. The van der Waals surface area contributed by atoms with Crippen molar-refractivity contribution in [1.82, 2.24) is 5.32 Å². The van der Waals surface area contributed by atoms with E-state index >= 15 is 0 Å². The van der Waals surface area contributed by atoms with Crippen LogP contribution in [0, 0.1) is 6.92 Å². The van der Waals surface area contributed by atoms with E-state index in [1.165, 1.54) is 24.1 Å². The number of anilines is 1. The molecule has 0 atom stereocenters. The number of nitrogens with one attached hydrogen (secondary N) is 1. The molecule has 0 aliphatic rings. The summed E-state index contributed by atoms with van der Waals surface area (Å²) in [6.07, 6.45) is 4.65. The molecule has 1 aromatic heterocycles. The molecule has 1 aromatic rings. The van der Waals surface area contributed by atoms with Gasteiger partial charge in [-0.1, -0.05) is 19.8 Å². The van der Waals surface area contributed by atoms with Gasteiger partial charge in [0.2, 0.25) is 0 Å². The van der Waals surface area contributed by atoms with Crippen LogP contribution in [0.2, 0.25) is 0 Å². The zero-order chi connectivity index (χ0) is 12.8. The number of carbonyl (C=O) groups is 1. The first-order chi connectivity index (χ1) is 8.11. The molecule has 0 aliphatic carbocycles. The van der Waals surface area contributed by atoms with Crippen LogP contribution in [-0.4, -0.2) is 12.5 Å². The minimum absolute atomic E-state index is 0.0412. The van der Waals surface area contributed by atoms with Gasteiger partial charge in [-0.3, -0.25) is 4.79 Å². The standard InChI is InChI=1S/C13H22N2OS/c1-4-6-7-8-10-9(3)11(12(14)17-10)13(16)15-5-2/h4-8,14H2,1-3H3,(H,15,16). The maximum Gasteiger partial charge on any atom is 0.254 e. The van der Waals surface area contributed by atoms with E-state index in [-0.39, 0.29) is 5.91 Å². The van der Waals surface area contributed by atoms with Gasteiger partial charge in [-0.2, -0.15) is 0 Å². The molecule has 0 aliphatic heterocycles. The molecule has 0 saturated heterocycles. The Morgan fingerprint density at radius 3 is 2.65 bits per heavy atom. The highest BCUT2D eigenvalue weighted by Gasteiger charge is 2.18. The summed E-state index contributed by atoms with van der Waals surface area (Å²) in [7, 11) is 0. The first-order valence-corrected chi connectivity index (χ1v) is 7.09. The SMILES string of the molecule is CCCCCc1sc(N)c(C(=O)NCC)c1C. The highest BCUT2D eigenvalue weighted by atomic mass is 32.1. The van der Waals surface area contributed by atoms with Crippen molar-refractivity contribution in [3.8, 4) is 0 Å². The Balaban J connectivity index is 2.82. The molecule has 0 spiro atoms. The monoisotopic (exact) mass is 254 g/mol. The van der Waals surface area contributed by atoms with E-state index < -0.39 is 0 Å². The molecular formula is C13H22N2OS. The fraction of sp³-hybridized carbons (Fsp3) is 0.615. The summed E-state index contributed by atoms with van der Waals surface area (Å²) in [4.78, 5) is 13.1. The lowest BCUT2D eigenvalue weighted by molar-refractivity contribution is 0.0956. The van der Waals surface area contributed by atoms with E-state index in [1.54, 1.807) is 11.3 Å². The lowest BCUT2D eigenvalue weighted by Crippen LogP contribution is -2.23. The van der Waals surface area contributed by atoms with E-state index in [9.17, 15) is 4.79 Å². The van der Waals surface area contributed by atoms with Gasteiger partial charge in [0.15, 0.2) is 0 Å².